The molecule has 2 N–H and O–H groups in total. The average Bonchev–Trinajstić information content (AvgIpc) is 2.47. The summed E-state index contributed by atoms with van der Waals surface area (Å²) in [5.41, 5.74) is 8.86. The Labute approximate surface area is 121 Å². The molecular weight excluding hydrogens is 244 g/mol. The molecule has 0 radical (unpaired) electrons. The molecule has 1 aliphatic rings. The third kappa shape index (κ3) is 2.45. The first kappa shape index (κ1) is 13.6. The van der Waals surface area contributed by atoms with Crippen molar-refractivity contribution >= 4 is 10.9 Å². The van der Waals surface area contributed by atoms with Crippen LogP contribution in [0.2, 0.25) is 0 Å². The van der Waals surface area contributed by atoms with Crippen LogP contribution < -0.4 is 5.73 Å². The van der Waals surface area contributed by atoms with Gasteiger partial charge in [-0.15, -0.1) is 0 Å². The highest BCUT2D eigenvalue weighted by Crippen LogP contribution is 2.40. The number of nitrogens with zero attached hydrogens (tertiary/aromatic N) is 1. The molecule has 0 aliphatic heterocycles. The monoisotopic (exact) mass is 268 g/mol. The molecule has 2 nitrogen and oxygen atoms in total. The van der Waals surface area contributed by atoms with Gasteiger partial charge in [-0.1, -0.05) is 32.0 Å². The van der Waals surface area contributed by atoms with Crippen LogP contribution >= 0.6 is 0 Å². The third-order valence-corrected chi connectivity index (χ3v) is 5.05. The molecule has 2 aromatic rings. The van der Waals surface area contributed by atoms with E-state index in [1.807, 2.05) is 12.3 Å². The van der Waals surface area contributed by atoms with Crippen LogP contribution in [0.1, 0.15) is 45.1 Å². The molecule has 3 rings (SSSR count). The van der Waals surface area contributed by atoms with E-state index in [2.05, 4.69) is 43.1 Å². The number of fused-ring (bicyclic) bond motifs is 1. The lowest BCUT2D eigenvalue weighted by atomic mass is 9.70. The number of pyridine rings is 1. The Kier molecular flexibility index (Phi) is 3.51. The van der Waals surface area contributed by atoms with Crippen molar-refractivity contribution in [1.82, 2.24) is 4.98 Å². The van der Waals surface area contributed by atoms with Gasteiger partial charge in [-0.05, 0) is 55.2 Å². The maximum Gasteiger partial charge on any atom is 0.0705 e. The zero-order valence-electron chi connectivity index (χ0n) is 12.5. The second-order valence-electron chi connectivity index (χ2n) is 6.65. The van der Waals surface area contributed by atoms with Crippen LogP contribution in [0.5, 0.6) is 0 Å². The van der Waals surface area contributed by atoms with Gasteiger partial charge < -0.3 is 5.73 Å². The summed E-state index contributed by atoms with van der Waals surface area (Å²) >= 11 is 0. The second kappa shape index (κ2) is 5.17. The zero-order chi connectivity index (χ0) is 14.2. The smallest absolute Gasteiger partial charge is 0.0705 e. The lowest BCUT2D eigenvalue weighted by Crippen LogP contribution is -2.41. The van der Waals surface area contributed by atoms with E-state index in [4.69, 9.17) is 5.73 Å². The van der Waals surface area contributed by atoms with Gasteiger partial charge in [0.2, 0.25) is 0 Å². The van der Waals surface area contributed by atoms with Crippen molar-refractivity contribution in [3.63, 3.8) is 0 Å². The zero-order valence-corrected chi connectivity index (χ0v) is 12.5. The fourth-order valence-electron chi connectivity index (χ4n) is 3.49. The lowest BCUT2D eigenvalue weighted by molar-refractivity contribution is 0.196. The Morgan fingerprint density at radius 2 is 1.95 bits per heavy atom. The van der Waals surface area contributed by atoms with Gasteiger partial charge in [0.15, 0.2) is 0 Å². The molecule has 106 valence electrons. The number of hydrogen-bond donors (Lipinski definition) is 1. The summed E-state index contributed by atoms with van der Waals surface area (Å²) in [4.78, 5) is 4.46. The molecule has 0 bridgehead atoms. The lowest BCUT2D eigenvalue weighted by Gasteiger charge is -2.39. The molecule has 20 heavy (non-hydrogen) atoms. The number of rotatable bonds is 2. The van der Waals surface area contributed by atoms with E-state index in [0.717, 1.165) is 30.2 Å². The molecule has 0 unspecified atom stereocenters. The standard InChI is InChI=1S/C18H24N2/c1-13(2)14-7-9-18(19,10-8-14)16-6-5-15-4-3-11-20-17(15)12-16/h3-6,11-14H,7-10,19H2,1-2H3. The van der Waals surface area contributed by atoms with Crippen molar-refractivity contribution in [3.05, 3.63) is 42.1 Å². The molecule has 1 saturated carbocycles. The molecule has 0 spiro atoms. The number of hydrogen-bond acceptors (Lipinski definition) is 2. The van der Waals surface area contributed by atoms with Crippen molar-refractivity contribution in [2.45, 2.75) is 45.1 Å². The summed E-state index contributed by atoms with van der Waals surface area (Å²) in [6, 6.07) is 10.6. The minimum Gasteiger partial charge on any atom is -0.321 e. The molecular formula is C18H24N2. The summed E-state index contributed by atoms with van der Waals surface area (Å²) in [6.07, 6.45) is 6.52. The van der Waals surface area contributed by atoms with Crippen LogP contribution in [0, 0.1) is 11.8 Å². The Hall–Kier alpha value is -1.41. The van der Waals surface area contributed by atoms with Gasteiger partial charge >= 0.3 is 0 Å². The number of aromatic nitrogens is 1. The average molecular weight is 268 g/mol. The highest BCUT2D eigenvalue weighted by Gasteiger charge is 2.34. The molecule has 0 atom stereocenters. The first-order valence-electron chi connectivity index (χ1n) is 7.73. The van der Waals surface area contributed by atoms with Crippen LogP contribution in [-0.2, 0) is 5.54 Å². The predicted octanol–water partition coefficient (Wildman–Crippen LogP) is 4.24. The summed E-state index contributed by atoms with van der Waals surface area (Å²) in [5.74, 6) is 1.61. The molecule has 1 aromatic carbocycles. The fourth-order valence-corrected chi connectivity index (χ4v) is 3.49. The molecule has 0 amide bonds. The summed E-state index contributed by atoms with van der Waals surface area (Å²) < 4.78 is 0. The van der Waals surface area contributed by atoms with Crippen molar-refractivity contribution in [3.8, 4) is 0 Å². The van der Waals surface area contributed by atoms with E-state index in [1.165, 1.54) is 23.8 Å². The van der Waals surface area contributed by atoms with Crippen molar-refractivity contribution in [2.24, 2.45) is 17.6 Å². The SMILES string of the molecule is CC(C)C1CCC(N)(c2ccc3cccnc3c2)CC1. The van der Waals surface area contributed by atoms with Crippen LogP contribution in [-0.4, -0.2) is 4.98 Å². The number of benzene rings is 1. The van der Waals surface area contributed by atoms with E-state index in [9.17, 15) is 0 Å². The normalized spacial score (nSPS) is 27.1. The van der Waals surface area contributed by atoms with Crippen molar-refractivity contribution in [1.29, 1.82) is 0 Å². The Bertz CT molecular complexity index is 595. The maximum atomic E-state index is 6.71. The van der Waals surface area contributed by atoms with Crippen LogP contribution in [0.25, 0.3) is 10.9 Å². The summed E-state index contributed by atoms with van der Waals surface area (Å²) in [6.45, 7) is 4.66. The largest absolute Gasteiger partial charge is 0.321 e. The topological polar surface area (TPSA) is 38.9 Å². The fraction of sp³-hybridized carbons (Fsp3) is 0.500. The van der Waals surface area contributed by atoms with Gasteiger partial charge in [0.25, 0.3) is 0 Å². The summed E-state index contributed by atoms with van der Waals surface area (Å²) in [7, 11) is 0. The van der Waals surface area contributed by atoms with E-state index < -0.39 is 0 Å². The Morgan fingerprint density at radius 3 is 2.65 bits per heavy atom. The maximum absolute atomic E-state index is 6.71. The number of nitrogens with two attached hydrogens (primary N) is 1. The first-order valence-corrected chi connectivity index (χ1v) is 7.73. The Balaban J connectivity index is 1.87. The molecule has 0 saturated heterocycles. The highest BCUT2D eigenvalue weighted by molar-refractivity contribution is 5.79. The molecule has 1 aromatic heterocycles. The predicted molar refractivity (Wildman–Crippen MR) is 84.4 cm³/mol. The van der Waals surface area contributed by atoms with Gasteiger partial charge in [-0.2, -0.15) is 0 Å². The van der Waals surface area contributed by atoms with Gasteiger partial charge in [0.1, 0.15) is 0 Å². The van der Waals surface area contributed by atoms with Crippen LogP contribution in [0.3, 0.4) is 0 Å². The third-order valence-electron chi connectivity index (χ3n) is 5.05. The van der Waals surface area contributed by atoms with Gasteiger partial charge in [0, 0.05) is 17.1 Å². The quantitative estimate of drug-likeness (QED) is 0.885. The highest BCUT2D eigenvalue weighted by atomic mass is 14.8. The van der Waals surface area contributed by atoms with Crippen LogP contribution in [0.15, 0.2) is 36.5 Å². The second-order valence-corrected chi connectivity index (χ2v) is 6.65. The van der Waals surface area contributed by atoms with E-state index in [-0.39, 0.29) is 5.54 Å². The van der Waals surface area contributed by atoms with Crippen molar-refractivity contribution in [2.75, 3.05) is 0 Å². The minimum absolute atomic E-state index is 0.156. The van der Waals surface area contributed by atoms with Crippen molar-refractivity contribution < 1.29 is 0 Å². The van der Waals surface area contributed by atoms with E-state index in [1.54, 1.807) is 0 Å². The molecule has 2 heteroatoms. The van der Waals surface area contributed by atoms with Crippen LogP contribution in [0.4, 0.5) is 0 Å². The molecule has 1 aliphatic carbocycles. The molecule has 1 heterocycles. The first-order chi connectivity index (χ1) is 9.58. The summed E-state index contributed by atoms with van der Waals surface area (Å²) in [5, 5.41) is 1.19. The van der Waals surface area contributed by atoms with E-state index in [0.29, 0.717) is 0 Å². The van der Waals surface area contributed by atoms with Gasteiger partial charge in [0.05, 0.1) is 5.52 Å². The van der Waals surface area contributed by atoms with E-state index >= 15 is 0 Å². The van der Waals surface area contributed by atoms with Gasteiger partial charge in [-0.25, -0.2) is 0 Å². The minimum atomic E-state index is -0.156. The van der Waals surface area contributed by atoms with Gasteiger partial charge in [-0.3, -0.25) is 4.98 Å². The Morgan fingerprint density at radius 1 is 1.20 bits per heavy atom. The molecule has 1 fully saturated rings.